The Morgan fingerprint density at radius 2 is 1.61 bits per heavy atom. The van der Waals surface area contributed by atoms with Crippen molar-refractivity contribution in [3.05, 3.63) is 30.3 Å². The molecule has 0 N–H and O–H groups in total. The first-order valence-electron chi connectivity index (χ1n) is 6.77. The Morgan fingerprint density at radius 3 is 2.39 bits per heavy atom. The molecule has 1 aromatic rings. The van der Waals surface area contributed by atoms with Crippen LogP contribution in [0.2, 0.25) is 0 Å². The molecular weight excluding hydrogens is 262 g/mol. The highest BCUT2D eigenvalue weighted by Gasteiger charge is 1.94. The minimum Gasteiger partial charge on any atom is -0.471 e. The normalized spacial score (nSPS) is 11.8. The molecule has 2 atom stereocenters. The van der Waals surface area contributed by atoms with Crippen LogP contribution in [0.4, 0.5) is 0 Å². The molecule has 2 nitrogen and oxygen atoms in total. The standard InChI is InChI=1S/C14H24O2P2/c1-2-3-4-5-6-10-13-15-17-18-16-14-11-8-7-9-12-14/h7-9,11-12,17-18H,2-6,10,13H2,1H3. The third kappa shape index (κ3) is 8.86. The second kappa shape index (κ2) is 11.9. The largest absolute Gasteiger partial charge is 0.471 e. The van der Waals surface area contributed by atoms with Gasteiger partial charge in [-0.05, 0) is 18.6 Å². The van der Waals surface area contributed by atoms with Gasteiger partial charge in [-0.2, -0.15) is 0 Å². The first-order chi connectivity index (χ1) is 8.93. The number of unbranched alkanes of at least 4 members (excludes halogenated alkanes) is 5. The van der Waals surface area contributed by atoms with Crippen molar-refractivity contribution in [2.75, 3.05) is 6.61 Å². The first-order valence-corrected chi connectivity index (χ1v) is 9.59. The van der Waals surface area contributed by atoms with E-state index in [0.29, 0.717) is 17.0 Å². The van der Waals surface area contributed by atoms with Gasteiger partial charge in [-0.3, -0.25) is 0 Å². The van der Waals surface area contributed by atoms with Gasteiger partial charge in [-0.25, -0.2) is 0 Å². The van der Waals surface area contributed by atoms with Crippen molar-refractivity contribution in [2.24, 2.45) is 0 Å². The fraction of sp³-hybridized carbons (Fsp3) is 0.571. The zero-order valence-corrected chi connectivity index (χ0v) is 13.2. The molecule has 0 aliphatic heterocycles. The summed E-state index contributed by atoms with van der Waals surface area (Å²) < 4.78 is 11.2. The van der Waals surface area contributed by atoms with Crippen molar-refractivity contribution < 1.29 is 9.05 Å². The van der Waals surface area contributed by atoms with Crippen molar-refractivity contribution >= 4 is 17.0 Å². The Labute approximate surface area is 114 Å². The van der Waals surface area contributed by atoms with Gasteiger partial charge in [0, 0.05) is 0 Å². The number of para-hydroxylation sites is 1. The first kappa shape index (κ1) is 15.9. The van der Waals surface area contributed by atoms with Crippen molar-refractivity contribution in [1.29, 1.82) is 0 Å². The van der Waals surface area contributed by atoms with Crippen LogP contribution in [0.5, 0.6) is 5.75 Å². The SMILES string of the molecule is CCCCCCCCOPPOc1ccccc1. The number of hydrogen-bond acceptors (Lipinski definition) is 2. The quantitative estimate of drug-likeness (QED) is 0.392. The minimum atomic E-state index is 0.427. The summed E-state index contributed by atoms with van der Waals surface area (Å²) in [6.45, 7) is 3.13. The summed E-state index contributed by atoms with van der Waals surface area (Å²) >= 11 is 0. The van der Waals surface area contributed by atoms with Gasteiger partial charge in [0.25, 0.3) is 0 Å². The van der Waals surface area contributed by atoms with Crippen molar-refractivity contribution in [3.63, 3.8) is 0 Å². The van der Waals surface area contributed by atoms with Gasteiger partial charge in [0.05, 0.1) is 15.1 Å². The Kier molecular flexibility index (Phi) is 10.5. The monoisotopic (exact) mass is 286 g/mol. The van der Waals surface area contributed by atoms with Gasteiger partial charge >= 0.3 is 0 Å². The Bertz CT molecular complexity index is 280. The molecule has 0 amide bonds. The zero-order chi connectivity index (χ0) is 12.9. The fourth-order valence-corrected chi connectivity index (χ4v) is 3.17. The lowest BCUT2D eigenvalue weighted by Crippen LogP contribution is -1.85. The van der Waals surface area contributed by atoms with Crippen molar-refractivity contribution in [3.8, 4) is 5.75 Å². The summed E-state index contributed by atoms with van der Waals surface area (Å²) in [6.07, 6.45) is 7.89. The molecule has 2 unspecified atom stereocenters. The average molecular weight is 286 g/mol. The summed E-state index contributed by atoms with van der Waals surface area (Å²) in [5.41, 5.74) is 0. The predicted molar refractivity (Wildman–Crippen MR) is 83.0 cm³/mol. The molecule has 1 rings (SSSR count). The van der Waals surface area contributed by atoms with Crippen molar-refractivity contribution in [1.82, 2.24) is 0 Å². The van der Waals surface area contributed by atoms with Crippen LogP contribution in [-0.4, -0.2) is 6.61 Å². The highest BCUT2D eigenvalue weighted by atomic mass is 32.0. The van der Waals surface area contributed by atoms with E-state index in [0.717, 1.165) is 12.4 Å². The summed E-state index contributed by atoms with van der Waals surface area (Å²) in [4.78, 5) is 0. The van der Waals surface area contributed by atoms with E-state index < -0.39 is 0 Å². The van der Waals surface area contributed by atoms with E-state index in [1.54, 1.807) is 0 Å². The van der Waals surface area contributed by atoms with Gasteiger partial charge in [0.1, 0.15) is 14.2 Å². The molecular formula is C14H24O2P2. The molecule has 0 aliphatic rings. The maximum absolute atomic E-state index is 5.58. The van der Waals surface area contributed by atoms with E-state index in [1.807, 2.05) is 30.3 Å². The molecule has 0 fully saturated rings. The number of rotatable bonds is 11. The summed E-state index contributed by atoms with van der Waals surface area (Å²) in [6, 6.07) is 9.92. The third-order valence-electron chi connectivity index (χ3n) is 2.63. The topological polar surface area (TPSA) is 18.5 Å². The summed E-state index contributed by atoms with van der Waals surface area (Å²) in [5.74, 6) is 0.937. The molecule has 0 heterocycles. The second-order valence-corrected chi connectivity index (χ2v) is 6.36. The lowest BCUT2D eigenvalue weighted by molar-refractivity contribution is 0.350. The van der Waals surface area contributed by atoms with Crippen LogP contribution < -0.4 is 4.52 Å². The summed E-state index contributed by atoms with van der Waals surface area (Å²) in [7, 11) is 0.903. The summed E-state index contributed by atoms with van der Waals surface area (Å²) in [5, 5.41) is 0. The molecule has 0 aliphatic carbocycles. The van der Waals surface area contributed by atoms with Gasteiger partial charge in [0.2, 0.25) is 0 Å². The van der Waals surface area contributed by atoms with E-state index in [4.69, 9.17) is 9.05 Å². The van der Waals surface area contributed by atoms with Crippen LogP contribution in [0.3, 0.4) is 0 Å². The maximum Gasteiger partial charge on any atom is 0.123 e. The van der Waals surface area contributed by atoms with Crippen LogP contribution in [-0.2, 0) is 4.52 Å². The molecule has 1 aromatic carbocycles. The van der Waals surface area contributed by atoms with Gasteiger partial charge < -0.3 is 9.05 Å². The van der Waals surface area contributed by atoms with E-state index in [-0.39, 0.29) is 0 Å². The number of benzene rings is 1. The third-order valence-corrected chi connectivity index (χ3v) is 4.38. The van der Waals surface area contributed by atoms with E-state index >= 15 is 0 Å². The molecule has 18 heavy (non-hydrogen) atoms. The Hall–Kier alpha value is -0.160. The van der Waals surface area contributed by atoms with Gasteiger partial charge in [0.15, 0.2) is 0 Å². The number of hydrogen-bond donors (Lipinski definition) is 0. The fourth-order valence-electron chi connectivity index (χ4n) is 1.60. The Balaban J connectivity index is 1.82. The lowest BCUT2D eigenvalue weighted by Gasteiger charge is -2.06. The molecule has 0 aromatic heterocycles. The predicted octanol–water partition coefficient (Wildman–Crippen LogP) is 5.54. The molecule has 0 radical (unpaired) electrons. The van der Waals surface area contributed by atoms with E-state index in [9.17, 15) is 0 Å². The highest BCUT2D eigenvalue weighted by Crippen LogP contribution is 2.39. The zero-order valence-electron chi connectivity index (χ0n) is 11.2. The van der Waals surface area contributed by atoms with Crippen LogP contribution in [0, 0.1) is 0 Å². The minimum absolute atomic E-state index is 0.427. The average Bonchev–Trinajstić information content (AvgIpc) is 2.42. The second-order valence-electron chi connectivity index (χ2n) is 4.24. The molecule has 0 saturated carbocycles. The molecule has 0 bridgehead atoms. The molecule has 0 saturated heterocycles. The molecule has 102 valence electrons. The van der Waals surface area contributed by atoms with E-state index in [2.05, 4.69) is 6.92 Å². The molecule has 0 spiro atoms. The lowest BCUT2D eigenvalue weighted by atomic mass is 10.1. The van der Waals surface area contributed by atoms with Crippen LogP contribution in [0.25, 0.3) is 0 Å². The van der Waals surface area contributed by atoms with Crippen LogP contribution in [0.1, 0.15) is 45.4 Å². The van der Waals surface area contributed by atoms with Gasteiger partial charge in [-0.1, -0.05) is 57.2 Å². The molecule has 4 heteroatoms. The van der Waals surface area contributed by atoms with Crippen molar-refractivity contribution in [2.45, 2.75) is 45.4 Å². The van der Waals surface area contributed by atoms with Crippen LogP contribution in [0.15, 0.2) is 30.3 Å². The smallest absolute Gasteiger partial charge is 0.123 e. The maximum atomic E-state index is 5.58. The van der Waals surface area contributed by atoms with Crippen LogP contribution >= 0.6 is 17.0 Å². The van der Waals surface area contributed by atoms with Gasteiger partial charge in [-0.15, -0.1) is 0 Å². The Morgan fingerprint density at radius 1 is 0.889 bits per heavy atom. The van der Waals surface area contributed by atoms with E-state index in [1.165, 1.54) is 38.5 Å². The highest BCUT2D eigenvalue weighted by molar-refractivity contribution is 8.07.